The number of hydrogen-bond acceptors (Lipinski definition) is 4. The maximum absolute atomic E-state index is 13.5. The fourth-order valence-electron chi connectivity index (χ4n) is 4.69. The Labute approximate surface area is 178 Å². The molecule has 2 fully saturated rings. The zero-order chi connectivity index (χ0) is 23.6. The van der Waals surface area contributed by atoms with Crippen molar-refractivity contribution in [2.45, 2.75) is 42.5 Å². The van der Waals surface area contributed by atoms with Crippen LogP contribution in [0.5, 0.6) is 0 Å². The molecule has 0 spiro atoms. The Morgan fingerprint density at radius 1 is 1.22 bits per heavy atom. The highest BCUT2D eigenvalue weighted by Gasteiger charge is 2.66. The molecule has 32 heavy (non-hydrogen) atoms. The number of hydrogen-bond donors (Lipinski definition) is 3. The lowest BCUT2D eigenvalue weighted by molar-refractivity contribution is -0.141. The molecule has 2 aliphatic rings. The predicted octanol–water partition coefficient (Wildman–Crippen LogP) is 5.68. The van der Waals surface area contributed by atoms with Gasteiger partial charge in [0.2, 0.25) is 0 Å². The second-order valence-corrected chi connectivity index (χ2v) is 11.1. The molecular formula is C19H21F8N3OS. The standard InChI is InChI=1S/C19H21F8N3OS/c20-19(21,22)16-6-13(14(31)8-28-9-18-5-4-11(7-18)29-10-18)12-2-1-3-15(17(12)30-16)32(23,24,25,26)27/h1-3,6,11,14,28-29,31H,4-5,7-10H2/t11-,14-,18-/m1/s1. The summed E-state index contributed by atoms with van der Waals surface area (Å²) in [6.07, 6.45) is -4.02. The van der Waals surface area contributed by atoms with Crippen molar-refractivity contribution < 1.29 is 37.7 Å². The summed E-state index contributed by atoms with van der Waals surface area (Å²) < 4.78 is 107. The van der Waals surface area contributed by atoms with Crippen LogP contribution in [-0.2, 0) is 6.18 Å². The van der Waals surface area contributed by atoms with Gasteiger partial charge in [0.1, 0.15) is 10.6 Å². The van der Waals surface area contributed by atoms with Crippen LogP contribution in [0.25, 0.3) is 10.9 Å². The SMILES string of the molecule is O[C@H](CNC[C@@]12CC[C@H](C1)NC2)c1cc(C(F)(F)F)nc2c(S(F)(F)(F)(F)F)cccc12. The number of benzene rings is 1. The van der Waals surface area contributed by atoms with E-state index in [2.05, 4.69) is 15.6 Å². The Hall–Kier alpha value is -1.70. The normalized spacial score (nSPS) is 26.8. The van der Waals surface area contributed by atoms with E-state index in [-0.39, 0.29) is 18.0 Å². The first-order chi connectivity index (χ1) is 14.5. The van der Waals surface area contributed by atoms with Gasteiger partial charge < -0.3 is 15.7 Å². The number of aromatic nitrogens is 1. The van der Waals surface area contributed by atoms with E-state index in [1.807, 2.05) is 0 Å². The van der Waals surface area contributed by atoms with Crippen LogP contribution in [0.1, 0.15) is 36.6 Å². The van der Waals surface area contributed by atoms with Gasteiger partial charge in [0.25, 0.3) is 0 Å². The molecule has 2 bridgehead atoms. The largest absolute Gasteiger partial charge is 0.433 e. The summed E-state index contributed by atoms with van der Waals surface area (Å²) in [6, 6.07) is 2.43. The number of piperidine rings is 1. The molecule has 1 aliphatic heterocycles. The van der Waals surface area contributed by atoms with Crippen LogP contribution < -0.4 is 10.6 Å². The van der Waals surface area contributed by atoms with Gasteiger partial charge in [-0.05, 0) is 42.4 Å². The molecule has 2 heterocycles. The quantitative estimate of drug-likeness (QED) is 0.456. The van der Waals surface area contributed by atoms with Crippen molar-refractivity contribution in [3.05, 3.63) is 35.5 Å². The average Bonchev–Trinajstić information content (AvgIpc) is 3.25. The number of para-hydroxylation sites is 1. The Balaban J connectivity index is 1.71. The molecule has 2 aromatic rings. The monoisotopic (exact) mass is 491 g/mol. The summed E-state index contributed by atoms with van der Waals surface area (Å²) in [5.74, 6) is 0. The molecule has 3 N–H and O–H groups in total. The maximum Gasteiger partial charge on any atom is 0.433 e. The zero-order valence-electron chi connectivity index (χ0n) is 16.5. The van der Waals surface area contributed by atoms with Gasteiger partial charge in [-0.25, -0.2) is 4.98 Å². The lowest BCUT2D eigenvalue weighted by Crippen LogP contribution is -2.38. The predicted molar refractivity (Wildman–Crippen MR) is 104 cm³/mol. The molecule has 1 aromatic carbocycles. The lowest BCUT2D eigenvalue weighted by atomic mass is 9.87. The van der Waals surface area contributed by atoms with Gasteiger partial charge in [-0.1, -0.05) is 31.6 Å². The molecule has 1 aliphatic carbocycles. The van der Waals surface area contributed by atoms with Crippen molar-refractivity contribution >= 4 is 21.1 Å². The van der Waals surface area contributed by atoms with Gasteiger partial charge in [-0.3, -0.25) is 0 Å². The third-order valence-corrected chi connectivity index (χ3v) is 7.37. The summed E-state index contributed by atoms with van der Waals surface area (Å²) in [5.41, 5.74) is -3.92. The molecule has 3 atom stereocenters. The summed E-state index contributed by atoms with van der Waals surface area (Å²) in [4.78, 5) is 0.373. The third-order valence-electron chi connectivity index (χ3n) is 6.21. The number of nitrogens with one attached hydrogen (secondary N) is 2. The highest BCUT2D eigenvalue weighted by molar-refractivity contribution is 8.46. The molecule has 1 aromatic heterocycles. The summed E-state index contributed by atoms with van der Waals surface area (Å²) in [5, 5.41) is 16.2. The average molecular weight is 491 g/mol. The fraction of sp³-hybridized carbons (Fsp3) is 0.526. The number of fused-ring (bicyclic) bond motifs is 3. The topological polar surface area (TPSA) is 57.2 Å². The van der Waals surface area contributed by atoms with E-state index in [9.17, 15) is 37.7 Å². The minimum absolute atomic E-state index is 0.00815. The maximum atomic E-state index is 13.5. The molecular weight excluding hydrogens is 470 g/mol. The fourth-order valence-corrected chi connectivity index (χ4v) is 5.55. The van der Waals surface area contributed by atoms with Crippen LogP contribution in [0.4, 0.5) is 32.6 Å². The van der Waals surface area contributed by atoms with Gasteiger partial charge in [0.15, 0.2) is 0 Å². The van der Waals surface area contributed by atoms with E-state index in [0.29, 0.717) is 24.7 Å². The minimum Gasteiger partial charge on any atom is -0.387 e. The zero-order valence-corrected chi connectivity index (χ0v) is 17.3. The van der Waals surface area contributed by atoms with E-state index in [4.69, 9.17) is 0 Å². The van der Waals surface area contributed by atoms with Crippen LogP contribution in [0.2, 0.25) is 0 Å². The van der Waals surface area contributed by atoms with Crippen molar-refractivity contribution in [1.29, 1.82) is 0 Å². The molecule has 1 saturated heterocycles. The van der Waals surface area contributed by atoms with Gasteiger partial charge in [-0.15, -0.1) is 0 Å². The first-order valence-electron chi connectivity index (χ1n) is 9.85. The second-order valence-electron chi connectivity index (χ2n) is 8.68. The molecule has 4 nitrogen and oxygen atoms in total. The van der Waals surface area contributed by atoms with Crippen LogP contribution in [0.3, 0.4) is 0 Å². The third kappa shape index (κ3) is 4.52. The number of halogens is 8. The first kappa shape index (κ1) is 23.5. The molecule has 13 heteroatoms. The van der Waals surface area contributed by atoms with E-state index in [1.165, 1.54) is 0 Å². The number of aliphatic hydroxyl groups excluding tert-OH is 1. The van der Waals surface area contributed by atoms with Gasteiger partial charge in [-0.2, -0.15) is 13.2 Å². The molecule has 180 valence electrons. The lowest BCUT2D eigenvalue weighted by Gasteiger charge is -2.41. The smallest absolute Gasteiger partial charge is 0.387 e. The highest BCUT2D eigenvalue weighted by atomic mass is 32.5. The van der Waals surface area contributed by atoms with Crippen molar-refractivity contribution in [1.82, 2.24) is 15.6 Å². The summed E-state index contributed by atoms with van der Waals surface area (Å²) in [6.45, 7) is 0.952. The Morgan fingerprint density at radius 2 is 1.94 bits per heavy atom. The van der Waals surface area contributed by atoms with Crippen molar-refractivity contribution in [3.63, 3.8) is 0 Å². The van der Waals surface area contributed by atoms with Crippen LogP contribution >= 0.6 is 10.2 Å². The number of nitrogens with zero attached hydrogens (tertiary/aromatic N) is 1. The van der Waals surface area contributed by atoms with Crippen LogP contribution in [0, 0.1) is 5.41 Å². The van der Waals surface area contributed by atoms with Gasteiger partial charge in [0.05, 0.1) is 11.6 Å². The molecule has 0 radical (unpaired) electrons. The van der Waals surface area contributed by atoms with Crippen molar-refractivity contribution in [3.8, 4) is 0 Å². The van der Waals surface area contributed by atoms with Crippen molar-refractivity contribution in [2.24, 2.45) is 5.41 Å². The Kier molecular flexibility index (Phi) is 4.89. The Morgan fingerprint density at radius 3 is 2.47 bits per heavy atom. The van der Waals surface area contributed by atoms with Gasteiger partial charge >= 0.3 is 16.4 Å². The van der Waals surface area contributed by atoms with E-state index in [0.717, 1.165) is 31.9 Å². The number of alkyl halides is 3. The number of pyridine rings is 1. The Bertz CT molecular complexity index is 1050. The first-order valence-corrected chi connectivity index (χ1v) is 11.8. The molecule has 0 amide bonds. The number of rotatable bonds is 6. The van der Waals surface area contributed by atoms with Crippen LogP contribution in [0.15, 0.2) is 29.2 Å². The van der Waals surface area contributed by atoms with E-state index in [1.54, 1.807) is 0 Å². The van der Waals surface area contributed by atoms with Gasteiger partial charge in [0, 0.05) is 31.1 Å². The van der Waals surface area contributed by atoms with E-state index >= 15 is 0 Å². The molecule has 4 rings (SSSR count). The number of aliphatic hydroxyl groups is 1. The molecule has 1 saturated carbocycles. The van der Waals surface area contributed by atoms with Crippen LogP contribution in [-0.4, -0.2) is 35.8 Å². The second kappa shape index (κ2) is 6.67. The van der Waals surface area contributed by atoms with E-state index < -0.39 is 49.6 Å². The minimum atomic E-state index is -10.4. The summed E-state index contributed by atoms with van der Waals surface area (Å²) in [7, 11) is -10.4. The summed E-state index contributed by atoms with van der Waals surface area (Å²) >= 11 is 0. The molecule has 0 unspecified atom stereocenters. The highest BCUT2D eigenvalue weighted by Crippen LogP contribution is 3.02. The van der Waals surface area contributed by atoms with Crippen molar-refractivity contribution in [2.75, 3.05) is 19.6 Å².